The van der Waals surface area contributed by atoms with E-state index in [-0.39, 0.29) is 18.4 Å². The predicted octanol–water partition coefficient (Wildman–Crippen LogP) is 2.47. The van der Waals surface area contributed by atoms with Crippen molar-refractivity contribution in [3.8, 4) is 0 Å². The first kappa shape index (κ1) is 19.6. The molecule has 1 fully saturated rings. The number of nitrogens with zero attached hydrogens (tertiary/aromatic N) is 2. The summed E-state index contributed by atoms with van der Waals surface area (Å²) in [7, 11) is 1.16. The molecule has 1 saturated heterocycles. The van der Waals surface area contributed by atoms with E-state index in [2.05, 4.69) is 5.32 Å². The van der Waals surface area contributed by atoms with Crippen LogP contribution in [0.1, 0.15) is 33.1 Å². The lowest BCUT2D eigenvalue weighted by atomic mass is 9.94. The number of piperidine rings is 1. The zero-order chi connectivity index (χ0) is 17.6. The Morgan fingerprint density at radius 1 is 1.35 bits per heavy atom. The topological polar surface area (TPSA) is 52.7 Å². The fraction of sp³-hybridized carbons (Fsp3) is 0.867. The van der Waals surface area contributed by atoms with Crippen molar-refractivity contribution in [3.63, 3.8) is 0 Å². The molecule has 0 aromatic heterocycles. The minimum atomic E-state index is -4.39. The normalized spacial score (nSPS) is 18.9. The van der Waals surface area contributed by atoms with Gasteiger partial charge in [0.05, 0.1) is 0 Å². The second-order valence-corrected chi connectivity index (χ2v) is 6.60. The lowest BCUT2D eigenvalue weighted by Gasteiger charge is -2.33. The van der Waals surface area contributed by atoms with Gasteiger partial charge in [0, 0.05) is 33.1 Å². The van der Waals surface area contributed by atoms with Crippen molar-refractivity contribution in [2.75, 3.05) is 33.2 Å². The fourth-order valence-corrected chi connectivity index (χ4v) is 2.58. The number of carbonyl (C=O) groups excluding carboxylic acids is 2. The average molecular weight is 337 g/mol. The number of alkyl halides is 3. The summed E-state index contributed by atoms with van der Waals surface area (Å²) in [6, 6.07) is -0.167. The third kappa shape index (κ3) is 7.56. The van der Waals surface area contributed by atoms with Gasteiger partial charge in [-0.15, -0.1) is 0 Å². The van der Waals surface area contributed by atoms with E-state index in [0.29, 0.717) is 30.5 Å². The first-order chi connectivity index (χ1) is 10.6. The van der Waals surface area contributed by atoms with Gasteiger partial charge in [-0.3, -0.25) is 4.79 Å². The van der Waals surface area contributed by atoms with Crippen LogP contribution in [-0.4, -0.2) is 61.1 Å². The summed E-state index contributed by atoms with van der Waals surface area (Å²) in [6.45, 7) is 4.36. The first-order valence-electron chi connectivity index (χ1n) is 7.92. The quantitative estimate of drug-likeness (QED) is 0.838. The van der Waals surface area contributed by atoms with E-state index in [1.807, 2.05) is 13.8 Å². The maximum atomic E-state index is 12.3. The Morgan fingerprint density at radius 3 is 2.57 bits per heavy atom. The van der Waals surface area contributed by atoms with Crippen LogP contribution in [0.15, 0.2) is 0 Å². The smallest absolute Gasteiger partial charge is 0.338 e. The summed E-state index contributed by atoms with van der Waals surface area (Å²) in [4.78, 5) is 26.3. The maximum absolute atomic E-state index is 12.3. The van der Waals surface area contributed by atoms with Gasteiger partial charge in [-0.25, -0.2) is 4.79 Å². The number of halogens is 3. The molecule has 0 aromatic rings. The highest BCUT2D eigenvalue weighted by atomic mass is 19.4. The highest BCUT2D eigenvalue weighted by Crippen LogP contribution is 2.22. The predicted molar refractivity (Wildman–Crippen MR) is 80.8 cm³/mol. The van der Waals surface area contributed by atoms with E-state index < -0.39 is 18.6 Å². The Kier molecular flexibility index (Phi) is 7.15. The Bertz CT molecular complexity index is 413. The molecule has 23 heavy (non-hydrogen) atoms. The van der Waals surface area contributed by atoms with Gasteiger partial charge in [-0.05, 0) is 24.7 Å². The molecule has 5 nitrogen and oxygen atoms in total. The first-order valence-corrected chi connectivity index (χ1v) is 7.92. The minimum Gasteiger partial charge on any atom is -0.338 e. The Labute approximate surface area is 135 Å². The van der Waals surface area contributed by atoms with E-state index in [1.165, 1.54) is 0 Å². The number of carbonyl (C=O) groups is 2. The van der Waals surface area contributed by atoms with Gasteiger partial charge >= 0.3 is 12.2 Å². The van der Waals surface area contributed by atoms with Gasteiger partial charge in [-0.1, -0.05) is 13.8 Å². The lowest BCUT2D eigenvalue weighted by molar-refractivity contribution is -0.159. The van der Waals surface area contributed by atoms with Crippen molar-refractivity contribution < 1.29 is 22.8 Å². The monoisotopic (exact) mass is 337 g/mol. The molecule has 0 aliphatic carbocycles. The SMILES string of the molecule is CC(C)CNC(=O)N1CCCC(CC(=O)N(C)CC(F)(F)F)C1. The number of likely N-dealkylation sites (tertiary alicyclic amines) is 1. The standard InChI is InChI=1S/C15H26F3N3O2/c1-11(2)8-19-14(23)21-6-4-5-12(9-21)7-13(22)20(3)10-15(16,17)18/h11-12H,4-10H2,1-3H3,(H,19,23). The third-order valence-corrected chi connectivity index (χ3v) is 3.77. The molecule has 0 saturated carbocycles. The summed E-state index contributed by atoms with van der Waals surface area (Å²) < 4.78 is 36.9. The van der Waals surface area contributed by atoms with Crippen molar-refractivity contribution in [2.24, 2.45) is 11.8 Å². The molecule has 0 aromatic carbocycles. The lowest BCUT2D eigenvalue weighted by Crippen LogP contribution is -2.47. The van der Waals surface area contributed by atoms with Gasteiger partial charge in [0.2, 0.25) is 5.91 Å². The van der Waals surface area contributed by atoms with Crippen molar-refractivity contribution >= 4 is 11.9 Å². The molecule has 1 atom stereocenters. The van der Waals surface area contributed by atoms with Crippen molar-refractivity contribution in [1.82, 2.24) is 15.1 Å². The number of nitrogens with one attached hydrogen (secondary N) is 1. The second-order valence-electron chi connectivity index (χ2n) is 6.60. The minimum absolute atomic E-state index is 0.0422. The van der Waals surface area contributed by atoms with Crippen molar-refractivity contribution in [1.29, 1.82) is 0 Å². The summed E-state index contributed by atoms with van der Waals surface area (Å²) >= 11 is 0. The molecule has 0 spiro atoms. The molecule has 1 aliphatic heterocycles. The average Bonchev–Trinajstić information content (AvgIpc) is 2.43. The molecular formula is C15H26F3N3O2. The molecule has 134 valence electrons. The van der Waals surface area contributed by atoms with Crippen LogP contribution in [0.5, 0.6) is 0 Å². The van der Waals surface area contributed by atoms with E-state index in [1.54, 1.807) is 4.90 Å². The maximum Gasteiger partial charge on any atom is 0.406 e. The largest absolute Gasteiger partial charge is 0.406 e. The molecule has 3 amide bonds. The van der Waals surface area contributed by atoms with Crippen molar-refractivity contribution in [3.05, 3.63) is 0 Å². The molecule has 1 N–H and O–H groups in total. The molecule has 8 heteroatoms. The Morgan fingerprint density at radius 2 is 2.00 bits per heavy atom. The van der Waals surface area contributed by atoms with Gasteiger partial charge in [0.25, 0.3) is 0 Å². The van der Waals surface area contributed by atoms with Crippen LogP contribution in [0.4, 0.5) is 18.0 Å². The molecule has 1 heterocycles. The van der Waals surface area contributed by atoms with Crippen LogP contribution in [0.2, 0.25) is 0 Å². The van der Waals surface area contributed by atoms with Crippen LogP contribution in [0.25, 0.3) is 0 Å². The van der Waals surface area contributed by atoms with E-state index in [4.69, 9.17) is 0 Å². The summed E-state index contributed by atoms with van der Waals surface area (Å²) in [5.74, 6) is -0.273. The highest BCUT2D eigenvalue weighted by molar-refractivity contribution is 5.77. The number of amides is 3. The summed E-state index contributed by atoms with van der Waals surface area (Å²) in [6.07, 6.45) is -2.84. The Hall–Kier alpha value is -1.47. The van der Waals surface area contributed by atoms with E-state index in [0.717, 1.165) is 19.9 Å². The van der Waals surface area contributed by atoms with Gasteiger partial charge in [0.15, 0.2) is 0 Å². The molecule has 1 rings (SSSR count). The third-order valence-electron chi connectivity index (χ3n) is 3.77. The van der Waals surface area contributed by atoms with E-state index in [9.17, 15) is 22.8 Å². The summed E-state index contributed by atoms with van der Waals surface area (Å²) in [5.41, 5.74) is 0. The van der Waals surface area contributed by atoms with Crippen LogP contribution in [0, 0.1) is 11.8 Å². The van der Waals surface area contributed by atoms with Crippen LogP contribution in [0.3, 0.4) is 0 Å². The number of hydrogen-bond donors (Lipinski definition) is 1. The van der Waals surface area contributed by atoms with Gasteiger partial charge in [0.1, 0.15) is 6.54 Å². The van der Waals surface area contributed by atoms with Gasteiger partial charge in [-0.2, -0.15) is 13.2 Å². The van der Waals surface area contributed by atoms with Crippen LogP contribution >= 0.6 is 0 Å². The molecule has 1 aliphatic rings. The van der Waals surface area contributed by atoms with E-state index >= 15 is 0 Å². The Balaban J connectivity index is 2.45. The summed E-state index contributed by atoms with van der Waals surface area (Å²) in [5, 5.41) is 2.82. The molecule has 0 radical (unpaired) electrons. The van der Waals surface area contributed by atoms with Gasteiger partial charge < -0.3 is 15.1 Å². The van der Waals surface area contributed by atoms with Crippen molar-refractivity contribution in [2.45, 2.75) is 39.3 Å². The fourth-order valence-electron chi connectivity index (χ4n) is 2.58. The number of urea groups is 1. The number of hydrogen-bond acceptors (Lipinski definition) is 2. The second kappa shape index (κ2) is 8.40. The molecule has 0 bridgehead atoms. The van der Waals surface area contributed by atoms with Crippen LogP contribution in [-0.2, 0) is 4.79 Å². The highest BCUT2D eigenvalue weighted by Gasteiger charge is 2.32. The van der Waals surface area contributed by atoms with Crippen LogP contribution < -0.4 is 5.32 Å². The zero-order valence-corrected chi connectivity index (χ0v) is 13.9. The molecule has 1 unspecified atom stereocenters. The number of rotatable bonds is 5. The molecular weight excluding hydrogens is 311 g/mol. The zero-order valence-electron chi connectivity index (χ0n) is 13.9.